The minimum Gasteiger partial charge on any atom is -0.504 e. The van der Waals surface area contributed by atoms with Crippen LogP contribution < -0.4 is 0 Å². The Morgan fingerprint density at radius 3 is 1.34 bits per heavy atom. The lowest BCUT2D eigenvalue weighted by molar-refractivity contribution is 0.375. The zero-order valence-corrected chi connectivity index (χ0v) is 20.5. The van der Waals surface area contributed by atoms with Crippen LogP contribution in [0.5, 0.6) is 46.0 Å². The maximum Gasteiger partial charge on any atom is 0.157 e. The largest absolute Gasteiger partial charge is 0.504 e. The van der Waals surface area contributed by atoms with Crippen LogP contribution in [0.15, 0.2) is 72.8 Å². The van der Waals surface area contributed by atoms with Crippen molar-refractivity contribution in [3.63, 3.8) is 0 Å². The van der Waals surface area contributed by atoms with E-state index >= 15 is 0 Å². The highest BCUT2D eigenvalue weighted by Crippen LogP contribution is 2.40. The summed E-state index contributed by atoms with van der Waals surface area (Å²) in [5, 5.41) is 79.5. The Morgan fingerprint density at radius 2 is 0.842 bits per heavy atom. The Hall–Kier alpha value is -4.72. The molecule has 0 aliphatic heterocycles. The summed E-state index contributed by atoms with van der Waals surface area (Å²) >= 11 is 0. The first kappa shape index (κ1) is 26.3. The van der Waals surface area contributed by atoms with Crippen LogP contribution in [-0.2, 0) is 19.3 Å². The van der Waals surface area contributed by atoms with Crippen molar-refractivity contribution in [1.29, 1.82) is 0 Å². The standard InChI is InChI=1S/C30H30O8/c31-23-7-2-17(13-27(23)35)1-5-20(11-18-3-8-24(32)28(36)14-18)22(21-6-10-26(34)30(38)16-21)12-19-4-9-25(33)29(37)15-19/h2-4,6-10,13-16,20,22,31-38H,1,5,11-12H2/t20-,22-/m0/s1. The summed E-state index contributed by atoms with van der Waals surface area (Å²) in [7, 11) is 0. The van der Waals surface area contributed by atoms with Crippen LogP contribution in [0.3, 0.4) is 0 Å². The van der Waals surface area contributed by atoms with Crippen molar-refractivity contribution in [1.82, 2.24) is 0 Å². The first-order valence-electron chi connectivity index (χ1n) is 12.1. The fourth-order valence-corrected chi connectivity index (χ4v) is 4.80. The summed E-state index contributed by atoms with van der Waals surface area (Å²) in [6, 6.07) is 18.5. The summed E-state index contributed by atoms with van der Waals surface area (Å²) in [6.45, 7) is 0. The normalized spacial score (nSPS) is 12.7. The number of benzene rings is 4. The van der Waals surface area contributed by atoms with Gasteiger partial charge in [0.2, 0.25) is 0 Å². The molecule has 0 aliphatic carbocycles. The number of aryl methyl sites for hydroxylation is 1. The van der Waals surface area contributed by atoms with E-state index in [0.717, 1.165) is 22.3 Å². The molecule has 0 bridgehead atoms. The number of hydrogen-bond acceptors (Lipinski definition) is 8. The molecule has 4 aromatic carbocycles. The second kappa shape index (κ2) is 11.1. The molecule has 0 unspecified atom stereocenters. The van der Waals surface area contributed by atoms with Gasteiger partial charge in [-0.25, -0.2) is 0 Å². The van der Waals surface area contributed by atoms with E-state index in [-0.39, 0.29) is 57.8 Å². The minimum atomic E-state index is -0.273. The molecular formula is C30H30O8. The van der Waals surface area contributed by atoms with Gasteiger partial charge >= 0.3 is 0 Å². The number of hydrogen-bond donors (Lipinski definition) is 8. The summed E-state index contributed by atoms with van der Waals surface area (Å²) in [5.41, 5.74) is 3.03. The molecule has 2 atom stereocenters. The van der Waals surface area contributed by atoms with E-state index in [1.54, 1.807) is 24.3 Å². The number of phenols is 8. The number of phenolic OH excluding ortho intramolecular Hbond substituents is 8. The Morgan fingerprint density at radius 1 is 0.421 bits per heavy atom. The predicted molar refractivity (Wildman–Crippen MR) is 141 cm³/mol. The van der Waals surface area contributed by atoms with Gasteiger partial charge in [-0.05, 0) is 108 Å². The van der Waals surface area contributed by atoms with Gasteiger partial charge in [0.05, 0.1) is 0 Å². The van der Waals surface area contributed by atoms with Crippen LogP contribution in [0.4, 0.5) is 0 Å². The van der Waals surface area contributed by atoms with Gasteiger partial charge in [0, 0.05) is 0 Å². The van der Waals surface area contributed by atoms with E-state index in [9.17, 15) is 40.9 Å². The maximum atomic E-state index is 10.3. The molecule has 4 aromatic rings. The topological polar surface area (TPSA) is 162 Å². The summed E-state index contributed by atoms with van der Waals surface area (Å²) in [6.07, 6.45) is 1.99. The molecule has 0 amide bonds. The molecule has 0 heterocycles. The van der Waals surface area contributed by atoms with Gasteiger partial charge in [0.1, 0.15) is 0 Å². The van der Waals surface area contributed by atoms with Gasteiger partial charge in [-0.1, -0.05) is 24.3 Å². The van der Waals surface area contributed by atoms with Gasteiger partial charge < -0.3 is 40.9 Å². The van der Waals surface area contributed by atoms with Gasteiger partial charge in [-0.15, -0.1) is 0 Å². The van der Waals surface area contributed by atoms with Crippen molar-refractivity contribution in [3.8, 4) is 46.0 Å². The lowest BCUT2D eigenvalue weighted by atomic mass is 9.75. The second-order valence-corrected chi connectivity index (χ2v) is 9.53. The highest BCUT2D eigenvalue weighted by molar-refractivity contribution is 5.45. The molecule has 8 nitrogen and oxygen atoms in total. The third kappa shape index (κ3) is 6.15. The zero-order chi connectivity index (χ0) is 27.4. The van der Waals surface area contributed by atoms with Gasteiger partial charge in [-0.3, -0.25) is 0 Å². The highest BCUT2D eigenvalue weighted by Gasteiger charge is 2.26. The lowest BCUT2D eigenvalue weighted by Gasteiger charge is -2.29. The van der Waals surface area contributed by atoms with Crippen molar-refractivity contribution in [2.24, 2.45) is 5.92 Å². The molecule has 198 valence electrons. The van der Waals surface area contributed by atoms with E-state index in [1.165, 1.54) is 48.5 Å². The lowest BCUT2D eigenvalue weighted by Crippen LogP contribution is -2.19. The first-order valence-corrected chi connectivity index (χ1v) is 12.1. The summed E-state index contributed by atoms with van der Waals surface area (Å²) in [5.74, 6) is -2.32. The van der Waals surface area contributed by atoms with E-state index in [0.29, 0.717) is 25.7 Å². The monoisotopic (exact) mass is 518 g/mol. The Kier molecular flexibility index (Phi) is 7.71. The van der Waals surface area contributed by atoms with Gasteiger partial charge in [0.25, 0.3) is 0 Å². The molecule has 0 aliphatic rings. The van der Waals surface area contributed by atoms with E-state index < -0.39 is 0 Å². The van der Waals surface area contributed by atoms with Crippen molar-refractivity contribution in [2.45, 2.75) is 31.6 Å². The average molecular weight is 519 g/mol. The number of aromatic hydroxyl groups is 8. The maximum absolute atomic E-state index is 10.3. The van der Waals surface area contributed by atoms with Crippen molar-refractivity contribution in [3.05, 3.63) is 95.1 Å². The molecule has 8 heteroatoms. The smallest absolute Gasteiger partial charge is 0.157 e. The Labute approximate surface area is 219 Å². The first-order chi connectivity index (χ1) is 18.1. The predicted octanol–water partition coefficient (Wildman–Crippen LogP) is 5.15. The Bertz CT molecular complexity index is 1430. The van der Waals surface area contributed by atoms with Gasteiger partial charge in [-0.2, -0.15) is 0 Å². The molecule has 4 rings (SSSR count). The third-order valence-corrected chi connectivity index (χ3v) is 6.87. The highest BCUT2D eigenvalue weighted by atomic mass is 16.3. The molecule has 8 N–H and O–H groups in total. The third-order valence-electron chi connectivity index (χ3n) is 6.87. The van der Waals surface area contributed by atoms with Crippen LogP contribution in [0.1, 0.15) is 34.6 Å². The van der Waals surface area contributed by atoms with Crippen molar-refractivity contribution >= 4 is 0 Å². The van der Waals surface area contributed by atoms with Crippen molar-refractivity contribution in [2.75, 3.05) is 0 Å². The summed E-state index contributed by atoms with van der Waals surface area (Å²) < 4.78 is 0. The molecule has 0 saturated carbocycles. The average Bonchev–Trinajstić information content (AvgIpc) is 2.88. The molecule has 38 heavy (non-hydrogen) atoms. The van der Waals surface area contributed by atoms with Crippen LogP contribution in [0.2, 0.25) is 0 Å². The van der Waals surface area contributed by atoms with E-state index in [4.69, 9.17) is 0 Å². The molecule has 0 radical (unpaired) electrons. The molecule has 0 spiro atoms. The zero-order valence-electron chi connectivity index (χ0n) is 20.5. The van der Waals surface area contributed by atoms with Crippen LogP contribution in [0, 0.1) is 5.92 Å². The minimum absolute atomic E-state index is 0.130. The van der Waals surface area contributed by atoms with E-state index in [2.05, 4.69) is 0 Å². The second-order valence-electron chi connectivity index (χ2n) is 9.53. The van der Waals surface area contributed by atoms with Crippen LogP contribution in [0.25, 0.3) is 0 Å². The van der Waals surface area contributed by atoms with Crippen molar-refractivity contribution < 1.29 is 40.9 Å². The van der Waals surface area contributed by atoms with Gasteiger partial charge in [0.15, 0.2) is 46.0 Å². The fraction of sp³-hybridized carbons (Fsp3) is 0.200. The van der Waals surface area contributed by atoms with Crippen LogP contribution >= 0.6 is 0 Å². The molecule has 0 saturated heterocycles. The molecular weight excluding hydrogens is 488 g/mol. The fourth-order valence-electron chi connectivity index (χ4n) is 4.80. The van der Waals surface area contributed by atoms with E-state index in [1.807, 2.05) is 0 Å². The summed E-state index contributed by atoms with van der Waals surface area (Å²) in [4.78, 5) is 0. The van der Waals surface area contributed by atoms with Crippen LogP contribution in [-0.4, -0.2) is 40.9 Å². The molecule has 0 fully saturated rings. The Balaban J connectivity index is 1.74. The SMILES string of the molecule is Oc1ccc(CC[C@@H](Cc2ccc(O)c(O)c2)[C@H](Cc2ccc(O)c(O)c2)c2ccc(O)c(O)c2)cc1O. The molecule has 0 aromatic heterocycles. The number of rotatable bonds is 9. The quantitative estimate of drug-likeness (QED) is 0.141.